The van der Waals surface area contributed by atoms with E-state index in [2.05, 4.69) is 52.0 Å². The van der Waals surface area contributed by atoms with Gasteiger partial charge in [-0.05, 0) is 59.2 Å². The summed E-state index contributed by atoms with van der Waals surface area (Å²) in [4.78, 5) is 2.40. The fourth-order valence-electron chi connectivity index (χ4n) is 3.69. The molecule has 0 spiro atoms. The van der Waals surface area contributed by atoms with Crippen LogP contribution in [0.1, 0.15) is 66.2 Å². The van der Waals surface area contributed by atoms with Crippen LogP contribution in [0.4, 0.5) is 0 Å². The molecule has 0 saturated heterocycles. The monoisotopic (exact) mass is 268 g/mol. The van der Waals surface area contributed by atoms with Gasteiger partial charge in [0.15, 0.2) is 0 Å². The molecule has 2 heteroatoms. The maximum Gasteiger partial charge on any atom is 0.0302 e. The lowest BCUT2D eigenvalue weighted by molar-refractivity contribution is 0.0586. The van der Waals surface area contributed by atoms with Crippen LogP contribution in [0.15, 0.2) is 0 Å². The second-order valence-electron chi connectivity index (χ2n) is 7.10. The van der Waals surface area contributed by atoms with Crippen molar-refractivity contribution in [1.29, 1.82) is 0 Å². The third kappa shape index (κ3) is 4.19. The van der Waals surface area contributed by atoms with Crippen LogP contribution in [0, 0.1) is 11.8 Å². The van der Waals surface area contributed by atoms with Crippen molar-refractivity contribution in [2.75, 3.05) is 20.6 Å². The first kappa shape index (κ1) is 17.0. The summed E-state index contributed by atoms with van der Waals surface area (Å²) >= 11 is 0. The first-order valence-corrected chi connectivity index (χ1v) is 8.35. The van der Waals surface area contributed by atoms with E-state index < -0.39 is 0 Å². The molecule has 0 radical (unpaired) electrons. The Bertz CT molecular complexity index is 248. The van der Waals surface area contributed by atoms with Crippen molar-refractivity contribution < 1.29 is 0 Å². The number of nitrogens with zero attached hydrogens (tertiary/aromatic N) is 1. The molecule has 1 aliphatic carbocycles. The van der Waals surface area contributed by atoms with Gasteiger partial charge >= 0.3 is 0 Å². The van der Waals surface area contributed by atoms with E-state index in [-0.39, 0.29) is 5.54 Å². The van der Waals surface area contributed by atoms with Gasteiger partial charge in [0, 0.05) is 11.6 Å². The van der Waals surface area contributed by atoms with Gasteiger partial charge in [-0.2, -0.15) is 0 Å². The summed E-state index contributed by atoms with van der Waals surface area (Å²) in [6.45, 7) is 10.6. The van der Waals surface area contributed by atoms with Crippen LogP contribution in [0.25, 0.3) is 0 Å². The lowest BCUT2D eigenvalue weighted by atomic mass is 9.69. The Morgan fingerprint density at radius 2 is 1.79 bits per heavy atom. The Morgan fingerprint density at radius 3 is 2.32 bits per heavy atom. The third-order valence-electron chi connectivity index (χ3n) is 5.45. The molecule has 3 atom stereocenters. The summed E-state index contributed by atoms with van der Waals surface area (Å²) < 4.78 is 0. The Hall–Kier alpha value is -0.0800. The Morgan fingerprint density at radius 1 is 1.16 bits per heavy atom. The van der Waals surface area contributed by atoms with Crippen molar-refractivity contribution in [1.82, 2.24) is 10.2 Å². The minimum atomic E-state index is 0.227. The molecule has 0 heterocycles. The molecule has 0 aromatic carbocycles. The van der Waals surface area contributed by atoms with E-state index in [1.807, 2.05) is 0 Å². The van der Waals surface area contributed by atoms with Gasteiger partial charge in [0.05, 0.1) is 0 Å². The quantitative estimate of drug-likeness (QED) is 0.753. The van der Waals surface area contributed by atoms with Crippen molar-refractivity contribution >= 4 is 0 Å². The van der Waals surface area contributed by atoms with E-state index in [0.29, 0.717) is 6.04 Å². The van der Waals surface area contributed by atoms with E-state index in [0.717, 1.165) is 18.4 Å². The van der Waals surface area contributed by atoms with Crippen LogP contribution in [0.5, 0.6) is 0 Å². The molecular formula is C17H36N2. The van der Waals surface area contributed by atoms with Gasteiger partial charge in [0.1, 0.15) is 0 Å². The summed E-state index contributed by atoms with van der Waals surface area (Å²) in [5.41, 5.74) is 0.227. The van der Waals surface area contributed by atoms with Crippen molar-refractivity contribution in [3.05, 3.63) is 0 Å². The topological polar surface area (TPSA) is 15.3 Å². The summed E-state index contributed by atoms with van der Waals surface area (Å²) in [7, 11) is 4.45. The Kier molecular flexibility index (Phi) is 6.82. The molecule has 1 rings (SSSR count). The van der Waals surface area contributed by atoms with Gasteiger partial charge in [0.25, 0.3) is 0 Å². The van der Waals surface area contributed by atoms with Crippen LogP contribution < -0.4 is 5.32 Å². The van der Waals surface area contributed by atoms with E-state index >= 15 is 0 Å². The summed E-state index contributed by atoms with van der Waals surface area (Å²) in [5, 5.41) is 3.88. The Balaban J connectivity index is 2.87. The summed E-state index contributed by atoms with van der Waals surface area (Å²) in [5.74, 6) is 1.77. The molecule has 1 saturated carbocycles. The molecule has 0 aromatic heterocycles. The smallest absolute Gasteiger partial charge is 0.0302 e. The van der Waals surface area contributed by atoms with Crippen LogP contribution in [0.3, 0.4) is 0 Å². The molecular weight excluding hydrogens is 232 g/mol. The summed E-state index contributed by atoms with van der Waals surface area (Å²) in [6.07, 6.45) is 8.29. The zero-order valence-electron chi connectivity index (χ0n) is 14.1. The molecule has 1 fully saturated rings. The highest BCUT2D eigenvalue weighted by atomic mass is 15.2. The summed E-state index contributed by atoms with van der Waals surface area (Å²) in [6, 6.07) is 0.618. The van der Waals surface area contributed by atoms with E-state index in [1.54, 1.807) is 0 Å². The van der Waals surface area contributed by atoms with Crippen LogP contribution in [-0.4, -0.2) is 37.1 Å². The highest BCUT2D eigenvalue weighted by Gasteiger charge is 2.40. The second-order valence-corrected chi connectivity index (χ2v) is 7.10. The van der Waals surface area contributed by atoms with Gasteiger partial charge < -0.3 is 10.2 Å². The largest absolute Gasteiger partial charge is 0.312 e. The first-order valence-electron chi connectivity index (χ1n) is 8.35. The molecule has 2 nitrogen and oxygen atoms in total. The van der Waals surface area contributed by atoms with Crippen molar-refractivity contribution in [3.63, 3.8) is 0 Å². The lowest BCUT2D eigenvalue weighted by Gasteiger charge is -2.48. The number of rotatable bonds is 7. The number of hydrogen-bond acceptors (Lipinski definition) is 2. The zero-order valence-corrected chi connectivity index (χ0v) is 14.1. The number of hydrogen-bond donors (Lipinski definition) is 1. The maximum atomic E-state index is 3.88. The van der Waals surface area contributed by atoms with Crippen molar-refractivity contribution in [2.24, 2.45) is 11.8 Å². The predicted octanol–water partition coefficient (Wildman–Crippen LogP) is 3.91. The minimum absolute atomic E-state index is 0.227. The fraction of sp³-hybridized carbons (Fsp3) is 1.00. The number of nitrogens with one attached hydrogen (secondary N) is 1. The van der Waals surface area contributed by atoms with Gasteiger partial charge in [-0.25, -0.2) is 0 Å². The lowest BCUT2D eigenvalue weighted by Crippen LogP contribution is -2.60. The van der Waals surface area contributed by atoms with Crippen LogP contribution in [-0.2, 0) is 0 Å². The maximum absolute atomic E-state index is 3.88. The average molecular weight is 268 g/mol. The SMILES string of the molecule is CCCNC(C1CCCCC1CC)C(C)(C)N(C)C. The second kappa shape index (κ2) is 7.64. The molecule has 1 N–H and O–H groups in total. The standard InChI is InChI=1S/C17H36N2/c1-7-13-18-16(17(3,4)19(5)6)15-12-10-9-11-14(15)8-2/h14-16,18H,7-13H2,1-6H3. The highest BCUT2D eigenvalue weighted by molar-refractivity contribution is 4.98. The van der Waals surface area contributed by atoms with Crippen LogP contribution in [0.2, 0.25) is 0 Å². The molecule has 0 bridgehead atoms. The van der Waals surface area contributed by atoms with Crippen LogP contribution >= 0.6 is 0 Å². The van der Waals surface area contributed by atoms with E-state index in [9.17, 15) is 0 Å². The van der Waals surface area contributed by atoms with Crippen molar-refractivity contribution in [2.45, 2.75) is 77.8 Å². The normalized spacial score (nSPS) is 26.7. The molecule has 0 amide bonds. The van der Waals surface area contributed by atoms with Crippen molar-refractivity contribution in [3.8, 4) is 0 Å². The van der Waals surface area contributed by atoms with Gasteiger partial charge in [-0.15, -0.1) is 0 Å². The molecule has 114 valence electrons. The molecule has 0 aromatic rings. The molecule has 3 unspecified atom stereocenters. The molecule has 1 aliphatic rings. The first-order chi connectivity index (χ1) is 8.95. The fourth-order valence-corrected chi connectivity index (χ4v) is 3.69. The predicted molar refractivity (Wildman–Crippen MR) is 85.6 cm³/mol. The molecule has 19 heavy (non-hydrogen) atoms. The zero-order chi connectivity index (χ0) is 14.5. The average Bonchev–Trinajstić information content (AvgIpc) is 2.39. The van der Waals surface area contributed by atoms with E-state index in [1.165, 1.54) is 38.5 Å². The number of likely N-dealkylation sites (N-methyl/N-ethyl adjacent to an activating group) is 1. The third-order valence-corrected chi connectivity index (χ3v) is 5.45. The minimum Gasteiger partial charge on any atom is -0.312 e. The van der Waals surface area contributed by atoms with Gasteiger partial charge in [0.2, 0.25) is 0 Å². The highest BCUT2D eigenvalue weighted by Crippen LogP contribution is 2.38. The van der Waals surface area contributed by atoms with Gasteiger partial charge in [-0.3, -0.25) is 0 Å². The van der Waals surface area contributed by atoms with E-state index in [4.69, 9.17) is 0 Å². The molecule has 0 aliphatic heterocycles. The van der Waals surface area contributed by atoms with Gasteiger partial charge in [-0.1, -0.05) is 39.5 Å². The Labute approximate surface area is 121 Å².